The lowest BCUT2D eigenvalue weighted by Crippen LogP contribution is -2.38. The van der Waals surface area contributed by atoms with E-state index in [-0.39, 0.29) is 5.92 Å². The van der Waals surface area contributed by atoms with Crippen molar-refractivity contribution in [2.75, 3.05) is 33.2 Å². The third-order valence-electron chi connectivity index (χ3n) is 3.56. The Morgan fingerprint density at radius 3 is 1.95 bits per heavy atom. The van der Waals surface area contributed by atoms with Crippen molar-refractivity contribution in [2.24, 2.45) is 5.92 Å². The van der Waals surface area contributed by atoms with Crippen LogP contribution < -0.4 is 19.5 Å². The number of aliphatic hydroxyl groups is 1. The summed E-state index contributed by atoms with van der Waals surface area (Å²) < 4.78 is 15.9. The topological polar surface area (TPSA) is 60.0 Å². The predicted octanol–water partition coefficient (Wildman–Crippen LogP) is 2.53. The van der Waals surface area contributed by atoms with E-state index in [9.17, 15) is 5.11 Å². The smallest absolute Gasteiger partial charge is 0.203 e. The van der Waals surface area contributed by atoms with E-state index in [0.717, 1.165) is 5.69 Å². The van der Waals surface area contributed by atoms with E-state index in [2.05, 4.69) is 5.32 Å². The molecule has 0 aliphatic rings. The summed E-state index contributed by atoms with van der Waals surface area (Å²) in [6, 6.07) is 3.63. The molecule has 0 saturated heterocycles. The number of anilines is 1. The molecule has 1 aromatic rings. The molecule has 2 N–H and O–H groups in total. The van der Waals surface area contributed by atoms with Crippen molar-refractivity contribution < 1.29 is 19.3 Å². The second-order valence-corrected chi connectivity index (χ2v) is 5.28. The van der Waals surface area contributed by atoms with Gasteiger partial charge in [0.05, 0.1) is 26.9 Å². The Bertz CT molecular complexity index is 418. The summed E-state index contributed by atoms with van der Waals surface area (Å²) in [7, 11) is 4.72. The summed E-state index contributed by atoms with van der Waals surface area (Å²) in [6.45, 7) is 6.21. The molecule has 0 heterocycles. The highest BCUT2D eigenvalue weighted by atomic mass is 16.5. The van der Waals surface area contributed by atoms with Gasteiger partial charge in [-0.05, 0) is 12.8 Å². The van der Waals surface area contributed by atoms with Crippen molar-refractivity contribution in [2.45, 2.75) is 26.4 Å². The van der Waals surface area contributed by atoms with Gasteiger partial charge < -0.3 is 24.6 Å². The molecule has 0 aliphatic heterocycles. The van der Waals surface area contributed by atoms with Gasteiger partial charge in [-0.3, -0.25) is 0 Å². The van der Waals surface area contributed by atoms with E-state index < -0.39 is 5.60 Å². The fourth-order valence-corrected chi connectivity index (χ4v) is 1.67. The number of methoxy groups -OCH3 is 3. The number of nitrogens with one attached hydrogen (secondary N) is 1. The first-order valence-electron chi connectivity index (χ1n) is 6.62. The Morgan fingerprint density at radius 2 is 1.60 bits per heavy atom. The van der Waals surface area contributed by atoms with Crippen molar-refractivity contribution >= 4 is 5.69 Å². The lowest BCUT2D eigenvalue weighted by atomic mass is 9.92. The summed E-state index contributed by atoms with van der Waals surface area (Å²) in [5.74, 6) is 1.87. The van der Waals surface area contributed by atoms with Crippen molar-refractivity contribution in [3.05, 3.63) is 12.1 Å². The van der Waals surface area contributed by atoms with Gasteiger partial charge in [0.1, 0.15) is 0 Å². The van der Waals surface area contributed by atoms with Gasteiger partial charge in [-0.2, -0.15) is 0 Å². The molecule has 0 amide bonds. The van der Waals surface area contributed by atoms with Gasteiger partial charge >= 0.3 is 0 Å². The minimum Gasteiger partial charge on any atom is -0.493 e. The van der Waals surface area contributed by atoms with Crippen molar-refractivity contribution in [3.8, 4) is 17.2 Å². The summed E-state index contributed by atoms with van der Waals surface area (Å²) in [4.78, 5) is 0. The molecule has 0 bridgehead atoms. The largest absolute Gasteiger partial charge is 0.493 e. The van der Waals surface area contributed by atoms with E-state index in [1.165, 1.54) is 0 Å². The molecule has 1 aromatic carbocycles. The van der Waals surface area contributed by atoms with Gasteiger partial charge in [0.15, 0.2) is 11.5 Å². The van der Waals surface area contributed by atoms with Crippen LogP contribution in [0.2, 0.25) is 0 Å². The van der Waals surface area contributed by atoms with Crippen molar-refractivity contribution in [1.29, 1.82) is 0 Å². The minimum atomic E-state index is -0.791. The van der Waals surface area contributed by atoms with Gasteiger partial charge in [0, 0.05) is 24.4 Å². The molecule has 0 aromatic heterocycles. The van der Waals surface area contributed by atoms with Crippen molar-refractivity contribution in [3.63, 3.8) is 0 Å². The average molecular weight is 283 g/mol. The van der Waals surface area contributed by atoms with Crippen LogP contribution in [-0.4, -0.2) is 38.6 Å². The highest BCUT2D eigenvalue weighted by molar-refractivity contribution is 5.62. The molecule has 5 heteroatoms. The lowest BCUT2D eigenvalue weighted by molar-refractivity contribution is 0.0266. The number of hydrogen-bond donors (Lipinski definition) is 2. The van der Waals surface area contributed by atoms with E-state index >= 15 is 0 Å². The average Bonchev–Trinajstić information content (AvgIpc) is 2.43. The lowest BCUT2D eigenvalue weighted by Gasteiger charge is -2.28. The van der Waals surface area contributed by atoms with Crippen LogP contribution in [0.4, 0.5) is 5.69 Å². The van der Waals surface area contributed by atoms with Gasteiger partial charge in [-0.25, -0.2) is 0 Å². The van der Waals surface area contributed by atoms with Crippen LogP contribution in [0, 0.1) is 5.92 Å². The van der Waals surface area contributed by atoms with Gasteiger partial charge in [0.25, 0.3) is 0 Å². The number of hydrogen-bond acceptors (Lipinski definition) is 5. The monoisotopic (exact) mass is 283 g/mol. The van der Waals surface area contributed by atoms with Crippen LogP contribution in [0.25, 0.3) is 0 Å². The quantitative estimate of drug-likeness (QED) is 0.805. The molecule has 20 heavy (non-hydrogen) atoms. The fraction of sp³-hybridized carbons (Fsp3) is 0.600. The number of benzene rings is 1. The third kappa shape index (κ3) is 3.70. The molecular weight excluding hydrogens is 258 g/mol. The molecule has 1 rings (SSSR count). The Morgan fingerprint density at radius 1 is 1.10 bits per heavy atom. The van der Waals surface area contributed by atoms with Crippen LogP contribution in [0.15, 0.2) is 12.1 Å². The summed E-state index contributed by atoms with van der Waals surface area (Å²) >= 11 is 0. The van der Waals surface area contributed by atoms with Crippen LogP contribution in [0.1, 0.15) is 20.8 Å². The second kappa shape index (κ2) is 6.70. The first-order valence-corrected chi connectivity index (χ1v) is 6.62. The highest BCUT2D eigenvalue weighted by Gasteiger charge is 2.24. The molecular formula is C15H25NO4. The SMILES string of the molecule is COc1cc(NCC(C)(O)C(C)C)cc(OC)c1OC. The van der Waals surface area contributed by atoms with E-state index in [0.29, 0.717) is 23.8 Å². The molecule has 1 unspecified atom stereocenters. The molecule has 5 nitrogen and oxygen atoms in total. The molecule has 0 saturated carbocycles. The molecule has 0 fully saturated rings. The van der Waals surface area contributed by atoms with Gasteiger partial charge in [-0.15, -0.1) is 0 Å². The minimum absolute atomic E-state index is 0.150. The van der Waals surface area contributed by atoms with E-state index in [1.54, 1.807) is 21.3 Å². The van der Waals surface area contributed by atoms with E-state index in [1.807, 2.05) is 32.9 Å². The normalized spacial score (nSPS) is 13.8. The Balaban J connectivity index is 2.97. The zero-order valence-electron chi connectivity index (χ0n) is 13.1. The summed E-state index contributed by atoms with van der Waals surface area (Å²) in [5.41, 5.74) is 0.0147. The number of ether oxygens (including phenoxy) is 3. The Labute approximate surface area is 120 Å². The van der Waals surface area contributed by atoms with Crippen LogP contribution in [0.5, 0.6) is 17.2 Å². The molecule has 114 valence electrons. The predicted molar refractivity (Wildman–Crippen MR) is 80.0 cm³/mol. The maximum absolute atomic E-state index is 10.3. The van der Waals surface area contributed by atoms with Crippen LogP contribution in [0.3, 0.4) is 0 Å². The van der Waals surface area contributed by atoms with Gasteiger partial charge in [-0.1, -0.05) is 13.8 Å². The van der Waals surface area contributed by atoms with Gasteiger partial charge in [0.2, 0.25) is 5.75 Å². The molecule has 0 aliphatic carbocycles. The van der Waals surface area contributed by atoms with E-state index in [4.69, 9.17) is 14.2 Å². The fourth-order valence-electron chi connectivity index (χ4n) is 1.67. The molecule has 0 spiro atoms. The maximum atomic E-state index is 10.3. The zero-order chi connectivity index (χ0) is 15.3. The molecule has 0 radical (unpaired) electrons. The summed E-state index contributed by atoms with van der Waals surface area (Å²) in [5, 5.41) is 13.5. The van der Waals surface area contributed by atoms with Crippen molar-refractivity contribution in [1.82, 2.24) is 0 Å². The number of rotatable bonds is 7. The zero-order valence-corrected chi connectivity index (χ0v) is 13.1. The Hall–Kier alpha value is -1.62. The van der Waals surface area contributed by atoms with Crippen LogP contribution in [-0.2, 0) is 0 Å². The Kier molecular flexibility index (Phi) is 5.51. The summed E-state index contributed by atoms with van der Waals surface area (Å²) in [6.07, 6.45) is 0. The first-order chi connectivity index (χ1) is 9.35. The third-order valence-corrected chi connectivity index (χ3v) is 3.56. The second-order valence-electron chi connectivity index (χ2n) is 5.28. The molecule has 1 atom stereocenters. The van der Waals surface area contributed by atoms with Crippen LogP contribution >= 0.6 is 0 Å². The first kappa shape index (κ1) is 16.4. The standard InChI is InChI=1S/C15H25NO4/c1-10(2)15(3,17)9-16-11-7-12(18-4)14(20-6)13(8-11)19-5/h7-8,10,16-17H,9H2,1-6H3. The highest BCUT2D eigenvalue weighted by Crippen LogP contribution is 2.40. The maximum Gasteiger partial charge on any atom is 0.203 e.